The molecular formula is C11H25Cl2N3O. The predicted molar refractivity (Wildman–Crippen MR) is 76.3 cm³/mol. The highest BCUT2D eigenvalue weighted by Crippen LogP contribution is 2.04. The first-order chi connectivity index (χ1) is 7.27. The second kappa shape index (κ2) is 11.1. The van der Waals surface area contributed by atoms with E-state index < -0.39 is 0 Å². The van der Waals surface area contributed by atoms with E-state index in [-0.39, 0.29) is 36.8 Å². The third kappa shape index (κ3) is 7.09. The summed E-state index contributed by atoms with van der Waals surface area (Å²) in [6, 6.07) is 0.0571. The molecule has 0 saturated carbocycles. The summed E-state index contributed by atoms with van der Waals surface area (Å²) in [6.45, 7) is 9.08. The van der Waals surface area contributed by atoms with Crippen molar-refractivity contribution in [3.05, 3.63) is 0 Å². The molecular weight excluding hydrogens is 261 g/mol. The summed E-state index contributed by atoms with van der Waals surface area (Å²) in [5, 5.41) is 6.18. The number of amides is 1. The summed E-state index contributed by atoms with van der Waals surface area (Å²) < 4.78 is 0. The summed E-state index contributed by atoms with van der Waals surface area (Å²) >= 11 is 0. The monoisotopic (exact) mass is 285 g/mol. The Morgan fingerprint density at radius 3 is 2.47 bits per heavy atom. The number of halogens is 2. The molecule has 0 spiro atoms. The maximum Gasteiger partial charge on any atom is 0.237 e. The smallest absolute Gasteiger partial charge is 0.237 e. The van der Waals surface area contributed by atoms with Gasteiger partial charge in [0.1, 0.15) is 0 Å². The second-order valence-electron chi connectivity index (χ2n) is 3.97. The van der Waals surface area contributed by atoms with Gasteiger partial charge in [-0.15, -0.1) is 24.8 Å². The van der Waals surface area contributed by atoms with E-state index in [4.69, 9.17) is 0 Å². The Labute approximate surface area is 117 Å². The Kier molecular flexibility index (Phi) is 12.6. The van der Waals surface area contributed by atoms with E-state index in [1.54, 1.807) is 0 Å². The van der Waals surface area contributed by atoms with Crippen LogP contribution >= 0.6 is 24.8 Å². The van der Waals surface area contributed by atoms with E-state index in [0.29, 0.717) is 0 Å². The van der Waals surface area contributed by atoms with Gasteiger partial charge in [-0.3, -0.25) is 4.79 Å². The lowest BCUT2D eigenvalue weighted by atomic mass is 10.2. The van der Waals surface area contributed by atoms with Crippen LogP contribution in [-0.2, 0) is 4.79 Å². The van der Waals surface area contributed by atoms with Gasteiger partial charge in [-0.1, -0.05) is 13.8 Å². The molecule has 1 heterocycles. The van der Waals surface area contributed by atoms with Crippen LogP contribution in [0.5, 0.6) is 0 Å². The van der Waals surface area contributed by atoms with Crippen molar-refractivity contribution >= 4 is 30.7 Å². The molecule has 1 aliphatic rings. The zero-order valence-corrected chi connectivity index (χ0v) is 12.3. The van der Waals surface area contributed by atoms with Crippen LogP contribution < -0.4 is 10.6 Å². The lowest BCUT2D eigenvalue weighted by Crippen LogP contribution is -2.43. The molecule has 0 aromatic rings. The quantitative estimate of drug-likeness (QED) is 0.767. The molecule has 0 aromatic heterocycles. The molecule has 0 bridgehead atoms. The van der Waals surface area contributed by atoms with Gasteiger partial charge < -0.3 is 15.5 Å². The first-order valence-electron chi connectivity index (χ1n) is 6.01. The number of likely N-dealkylation sites (N-methyl/N-ethyl adjacent to an activating group) is 1. The lowest BCUT2D eigenvalue weighted by Gasteiger charge is -2.18. The summed E-state index contributed by atoms with van der Waals surface area (Å²) in [5.74, 6) is 0.166. The Balaban J connectivity index is 0. The van der Waals surface area contributed by atoms with Crippen LogP contribution in [0.4, 0.5) is 0 Å². The van der Waals surface area contributed by atoms with Crippen LogP contribution in [0.1, 0.15) is 26.7 Å². The number of hydrogen-bond donors (Lipinski definition) is 2. The lowest BCUT2D eigenvalue weighted by molar-refractivity contribution is -0.122. The number of carbonyl (C=O) groups is 1. The number of nitrogens with zero attached hydrogens (tertiary/aromatic N) is 1. The molecule has 1 aliphatic heterocycles. The highest BCUT2D eigenvalue weighted by molar-refractivity contribution is 5.85. The standard InChI is InChI=1S/C11H23N3O.2ClH/c1-3-14(4-2)9-8-13-11(15)10-6-5-7-12-10;;/h10,12H,3-9H2,1-2H3,(H,13,15);2*1H/t10-;;/m0../s1. The van der Waals surface area contributed by atoms with Crippen molar-refractivity contribution in [3.8, 4) is 0 Å². The van der Waals surface area contributed by atoms with Crippen molar-refractivity contribution in [1.82, 2.24) is 15.5 Å². The van der Waals surface area contributed by atoms with E-state index in [0.717, 1.165) is 45.6 Å². The van der Waals surface area contributed by atoms with Crippen molar-refractivity contribution in [1.29, 1.82) is 0 Å². The Bertz CT molecular complexity index is 195. The van der Waals surface area contributed by atoms with Gasteiger partial charge in [-0.25, -0.2) is 0 Å². The highest BCUT2D eigenvalue weighted by atomic mass is 35.5. The van der Waals surface area contributed by atoms with E-state index in [2.05, 4.69) is 29.4 Å². The van der Waals surface area contributed by atoms with Gasteiger partial charge in [0, 0.05) is 13.1 Å². The van der Waals surface area contributed by atoms with Gasteiger partial charge >= 0.3 is 0 Å². The summed E-state index contributed by atoms with van der Waals surface area (Å²) in [4.78, 5) is 13.9. The summed E-state index contributed by atoms with van der Waals surface area (Å²) in [5.41, 5.74) is 0. The minimum atomic E-state index is 0. The van der Waals surface area contributed by atoms with Gasteiger partial charge in [0.2, 0.25) is 5.91 Å². The van der Waals surface area contributed by atoms with Crippen LogP contribution in [0.2, 0.25) is 0 Å². The minimum absolute atomic E-state index is 0. The van der Waals surface area contributed by atoms with Crippen molar-refractivity contribution < 1.29 is 4.79 Å². The molecule has 1 fully saturated rings. The van der Waals surface area contributed by atoms with Gasteiger partial charge in [0.25, 0.3) is 0 Å². The molecule has 6 heteroatoms. The zero-order valence-electron chi connectivity index (χ0n) is 10.7. The number of rotatable bonds is 6. The Morgan fingerprint density at radius 2 is 2.00 bits per heavy atom. The Morgan fingerprint density at radius 1 is 1.35 bits per heavy atom. The fourth-order valence-electron chi connectivity index (χ4n) is 1.91. The van der Waals surface area contributed by atoms with Gasteiger partial charge in [-0.2, -0.15) is 0 Å². The van der Waals surface area contributed by atoms with Crippen LogP contribution in [0.15, 0.2) is 0 Å². The molecule has 1 atom stereocenters. The Hall–Kier alpha value is -0.0300. The van der Waals surface area contributed by atoms with Crippen molar-refractivity contribution in [2.75, 3.05) is 32.7 Å². The fraction of sp³-hybridized carbons (Fsp3) is 0.909. The third-order valence-electron chi connectivity index (χ3n) is 3.00. The van der Waals surface area contributed by atoms with Crippen LogP contribution in [0.25, 0.3) is 0 Å². The molecule has 0 radical (unpaired) electrons. The highest BCUT2D eigenvalue weighted by Gasteiger charge is 2.21. The van der Waals surface area contributed by atoms with Crippen molar-refractivity contribution in [2.24, 2.45) is 0 Å². The first kappa shape index (κ1) is 19.3. The number of nitrogens with one attached hydrogen (secondary N) is 2. The van der Waals surface area contributed by atoms with E-state index >= 15 is 0 Å². The van der Waals surface area contributed by atoms with Crippen LogP contribution in [0, 0.1) is 0 Å². The van der Waals surface area contributed by atoms with Crippen LogP contribution in [0.3, 0.4) is 0 Å². The average Bonchev–Trinajstić information content (AvgIpc) is 2.77. The van der Waals surface area contributed by atoms with Crippen molar-refractivity contribution in [3.63, 3.8) is 0 Å². The first-order valence-corrected chi connectivity index (χ1v) is 6.01. The maximum atomic E-state index is 11.6. The SMILES string of the molecule is CCN(CC)CCNC(=O)[C@@H]1CCCN1.Cl.Cl. The van der Waals surface area contributed by atoms with Crippen molar-refractivity contribution in [2.45, 2.75) is 32.7 Å². The van der Waals surface area contributed by atoms with Crippen LogP contribution in [-0.4, -0.2) is 49.6 Å². The molecule has 1 rings (SSSR count). The minimum Gasteiger partial charge on any atom is -0.353 e. The maximum absolute atomic E-state index is 11.6. The molecule has 0 aromatic carbocycles. The molecule has 1 amide bonds. The zero-order chi connectivity index (χ0) is 11.1. The van der Waals surface area contributed by atoms with Gasteiger partial charge in [0.15, 0.2) is 0 Å². The van der Waals surface area contributed by atoms with Gasteiger partial charge in [-0.05, 0) is 32.5 Å². The molecule has 0 aliphatic carbocycles. The fourth-order valence-corrected chi connectivity index (χ4v) is 1.91. The molecule has 104 valence electrons. The molecule has 1 saturated heterocycles. The van der Waals surface area contributed by atoms with Gasteiger partial charge in [0.05, 0.1) is 6.04 Å². The number of hydrogen-bond acceptors (Lipinski definition) is 3. The molecule has 17 heavy (non-hydrogen) atoms. The summed E-state index contributed by atoms with van der Waals surface area (Å²) in [7, 11) is 0. The summed E-state index contributed by atoms with van der Waals surface area (Å²) in [6.07, 6.45) is 2.10. The molecule has 4 nitrogen and oxygen atoms in total. The largest absolute Gasteiger partial charge is 0.353 e. The third-order valence-corrected chi connectivity index (χ3v) is 3.00. The normalized spacial score (nSPS) is 18.4. The second-order valence-corrected chi connectivity index (χ2v) is 3.97. The average molecular weight is 286 g/mol. The topological polar surface area (TPSA) is 44.4 Å². The van der Waals surface area contributed by atoms with E-state index in [9.17, 15) is 4.79 Å². The molecule has 2 N–H and O–H groups in total. The predicted octanol–water partition coefficient (Wildman–Crippen LogP) is 1.04. The van der Waals surface area contributed by atoms with E-state index in [1.165, 1.54) is 0 Å². The number of carbonyl (C=O) groups excluding carboxylic acids is 1. The molecule has 0 unspecified atom stereocenters. The van der Waals surface area contributed by atoms with E-state index in [1.807, 2.05) is 0 Å².